The van der Waals surface area contributed by atoms with E-state index in [1.165, 1.54) is 0 Å². The van der Waals surface area contributed by atoms with Crippen LogP contribution in [0.1, 0.15) is 48.9 Å². The number of benzene rings is 2. The van der Waals surface area contributed by atoms with E-state index in [1.807, 2.05) is 61.5 Å². The molecule has 0 radical (unpaired) electrons. The van der Waals surface area contributed by atoms with Crippen molar-refractivity contribution in [1.29, 1.82) is 0 Å². The lowest BCUT2D eigenvalue weighted by Gasteiger charge is -2.27. The van der Waals surface area contributed by atoms with Crippen molar-refractivity contribution < 1.29 is 14.7 Å². The second-order valence-corrected chi connectivity index (χ2v) is 7.34. The smallest absolute Gasteiger partial charge is 0.290 e. The molecule has 1 unspecified atom stereocenters. The molecular formula is C24H27NO3. The third kappa shape index (κ3) is 4.16. The number of Topliss-reactive ketones (excluding diaryl/α,β-unsaturated/α-hetero) is 1. The lowest BCUT2D eigenvalue weighted by molar-refractivity contribution is -0.129. The van der Waals surface area contributed by atoms with Gasteiger partial charge in [0.25, 0.3) is 5.91 Å². The molecule has 1 atom stereocenters. The summed E-state index contributed by atoms with van der Waals surface area (Å²) in [5.41, 5.74) is 3.23. The SMILES string of the molecule is CCCCN1C(=O)C(O)=C(C(=O)CCc2ccccc2)C1c1cccc(C)c1. The Labute approximate surface area is 166 Å². The first kappa shape index (κ1) is 19.9. The van der Waals surface area contributed by atoms with Gasteiger partial charge in [-0.25, -0.2) is 0 Å². The predicted octanol–water partition coefficient (Wildman–Crippen LogP) is 4.69. The molecule has 0 aromatic heterocycles. The van der Waals surface area contributed by atoms with E-state index >= 15 is 0 Å². The second kappa shape index (κ2) is 8.87. The van der Waals surface area contributed by atoms with Crippen LogP contribution in [0.25, 0.3) is 0 Å². The number of carbonyl (C=O) groups excluding carboxylic acids is 2. The summed E-state index contributed by atoms with van der Waals surface area (Å²) < 4.78 is 0. The first-order valence-corrected chi connectivity index (χ1v) is 9.90. The Balaban J connectivity index is 1.90. The van der Waals surface area contributed by atoms with E-state index in [4.69, 9.17) is 0 Å². The summed E-state index contributed by atoms with van der Waals surface area (Å²) in [5.74, 6) is -0.996. The molecule has 1 heterocycles. The maximum absolute atomic E-state index is 13.1. The highest BCUT2D eigenvalue weighted by atomic mass is 16.3. The number of amides is 1. The zero-order chi connectivity index (χ0) is 20.1. The average Bonchev–Trinajstić information content (AvgIpc) is 2.96. The van der Waals surface area contributed by atoms with Gasteiger partial charge in [-0.3, -0.25) is 9.59 Å². The summed E-state index contributed by atoms with van der Waals surface area (Å²) in [5, 5.41) is 10.6. The molecule has 1 amide bonds. The zero-order valence-corrected chi connectivity index (χ0v) is 16.5. The van der Waals surface area contributed by atoms with Crippen molar-refractivity contribution in [2.75, 3.05) is 6.54 Å². The third-order valence-electron chi connectivity index (χ3n) is 5.20. The minimum Gasteiger partial charge on any atom is -0.503 e. The Morgan fingerprint density at radius 3 is 2.54 bits per heavy atom. The molecule has 3 rings (SSSR count). The van der Waals surface area contributed by atoms with Gasteiger partial charge in [-0.15, -0.1) is 0 Å². The number of aliphatic hydroxyl groups is 1. The van der Waals surface area contributed by atoms with E-state index in [1.54, 1.807) is 4.90 Å². The van der Waals surface area contributed by atoms with Crippen molar-refractivity contribution in [3.05, 3.63) is 82.6 Å². The molecule has 0 saturated carbocycles. The summed E-state index contributed by atoms with van der Waals surface area (Å²) >= 11 is 0. The molecule has 0 bridgehead atoms. The van der Waals surface area contributed by atoms with Crippen LogP contribution >= 0.6 is 0 Å². The van der Waals surface area contributed by atoms with E-state index in [0.29, 0.717) is 13.0 Å². The number of rotatable bonds is 8. The molecule has 2 aromatic carbocycles. The molecule has 1 aliphatic heterocycles. The van der Waals surface area contributed by atoms with Crippen molar-refractivity contribution in [1.82, 2.24) is 4.90 Å². The summed E-state index contributed by atoms with van der Waals surface area (Å²) in [6, 6.07) is 17.1. The molecule has 0 fully saturated rings. The number of hydrogen-bond donors (Lipinski definition) is 1. The second-order valence-electron chi connectivity index (χ2n) is 7.34. The highest BCUT2D eigenvalue weighted by Crippen LogP contribution is 2.38. The van der Waals surface area contributed by atoms with Crippen LogP contribution in [0.3, 0.4) is 0 Å². The van der Waals surface area contributed by atoms with Crippen LogP contribution in [0.5, 0.6) is 0 Å². The first-order valence-electron chi connectivity index (χ1n) is 9.90. The maximum atomic E-state index is 13.1. The Hall–Kier alpha value is -2.88. The van der Waals surface area contributed by atoms with Crippen molar-refractivity contribution in [3.63, 3.8) is 0 Å². The Morgan fingerprint density at radius 1 is 1.11 bits per heavy atom. The Kier molecular flexibility index (Phi) is 6.30. The molecule has 0 saturated heterocycles. The molecule has 1 aliphatic rings. The van der Waals surface area contributed by atoms with Crippen LogP contribution in [-0.4, -0.2) is 28.2 Å². The normalized spacial score (nSPS) is 16.7. The summed E-state index contributed by atoms with van der Waals surface area (Å²) in [7, 11) is 0. The van der Waals surface area contributed by atoms with E-state index in [2.05, 4.69) is 6.92 Å². The largest absolute Gasteiger partial charge is 0.503 e. The minimum atomic E-state index is -0.512. The van der Waals surface area contributed by atoms with E-state index in [-0.39, 0.29) is 23.5 Å². The number of unbranched alkanes of at least 4 members (excludes halogenated alkanes) is 1. The molecule has 1 N–H and O–H groups in total. The number of carbonyl (C=O) groups is 2. The van der Waals surface area contributed by atoms with Crippen LogP contribution < -0.4 is 0 Å². The van der Waals surface area contributed by atoms with Crippen LogP contribution in [0.15, 0.2) is 65.9 Å². The molecule has 4 heteroatoms. The summed E-state index contributed by atoms with van der Waals surface area (Å²) in [4.78, 5) is 27.4. The van der Waals surface area contributed by atoms with Gasteiger partial charge >= 0.3 is 0 Å². The fourth-order valence-corrected chi connectivity index (χ4v) is 3.72. The standard InChI is InChI=1S/C24H27NO3/c1-3-4-15-25-22(19-12-8-9-17(2)16-19)21(23(27)24(25)28)20(26)14-13-18-10-6-5-7-11-18/h5-12,16,22,27H,3-4,13-15H2,1-2H3. The van der Waals surface area contributed by atoms with Gasteiger partial charge in [0, 0.05) is 13.0 Å². The molecule has 146 valence electrons. The van der Waals surface area contributed by atoms with Gasteiger partial charge in [0.05, 0.1) is 11.6 Å². The van der Waals surface area contributed by atoms with Crippen LogP contribution in [-0.2, 0) is 16.0 Å². The van der Waals surface area contributed by atoms with Gasteiger partial charge in [-0.1, -0.05) is 73.5 Å². The van der Waals surface area contributed by atoms with E-state index in [9.17, 15) is 14.7 Å². The van der Waals surface area contributed by atoms with Crippen LogP contribution in [0, 0.1) is 6.92 Å². The minimum absolute atomic E-state index is 0.166. The maximum Gasteiger partial charge on any atom is 0.290 e. The number of hydrogen-bond acceptors (Lipinski definition) is 3. The van der Waals surface area contributed by atoms with E-state index in [0.717, 1.165) is 29.5 Å². The monoisotopic (exact) mass is 377 g/mol. The Bertz CT molecular complexity index is 886. The fourth-order valence-electron chi connectivity index (χ4n) is 3.72. The number of ketones is 1. The highest BCUT2D eigenvalue weighted by Gasteiger charge is 2.42. The highest BCUT2D eigenvalue weighted by molar-refractivity contribution is 6.09. The molecule has 28 heavy (non-hydrogen) atoms. The van der Waals surface area contributed by atoms with Gasteiger partial charge < -0.3 is 10.0 Å². The summed E-state index contributed by atoms with van der Waals surface area (Å²) in [6.45, 7) is 4.56. The number of aliphatic hydroxyl groups excluding tert-OH is 1. The Morgan fingerprint density at radius 2 is 1.86 bits per heavy atom. The topological polar surface area (TPSA) is 57.6 Å². The van der Waals surface area contributed by atoms with Crippen molar-refractivity contribution in [3.8, 4) is 0 Å². The zero-order valence-electron chi connectivity index (χ0n) is 16.5. The van der Waals surface area contributed by atoms with Gasteiger partial charge in [0.2, 0.25) is 0 Å². The first-order chi connectivity index (χ1) is 13.5. The number of nitrogens with zero attached hydrogens (tertiary/aromatic N) is 1. The van der Waals surface area contributed by atoms with Gasteiger partial charge in [-0.05, 0) is 30.9 Å². The third-order valence-corrected chi connectivity index (χ3v) is 5.20. The average molecular weight is 377 g/mol. The molecule has 4 nitrogen and oxygen atoms in total. The van der Waals surface area contributed by atoms with Gasteiger partial charge in [0.15, 0.2) is 11.5 Å². The van der Waals surface area contributed by atoms with E-state index < -0.39 is 11.9 Å². The molecular weight excluding hydrogens is 350 g/mol. The molecule has 2 aromatic rings. The van der Waals surface area contributed by atoms with Gasteiger partial charge in [0.1, 0.15) is 0 Å². The molecule has 0 aliphatic carbocycles. The quantitative estimate of drug-likeness (QED) is 0.726. The van der Waals surface area contributed by atoms with Crippen LogP contribution in [0.2, 0.25) is 0 Å². The van der Waals surface area contributed by atoms with Crippen molar-refractivity contribution in [2.24, 2.45) is 0 Å². The lowest BCUT2D eigenvalue weighted by atomic mass is 9.92. The number of aryl methyl sites for hydroxylation is 2. The predicted molar refractivity (Wildman–Crippen MR) is 110 cm³/mol. The lowest BCUT2D eigenvalue weighted by Crippen LogP contribution is -2.32. The van der Waals surface area contributed by atoms with Gasteiger partial charge in [-0.2, -0.15) is 0 Å². The summed E-state index contributed by atoms with van der Waals surface area (Å²) in [6.07, 6.45) is 2.61. The fraction of sp³-hybridized carbons (Fsp3) is 0.333. The molecule has 0 spiro atoms. The van der Waals surface area contributed by atoms with Crippen molar-refractivity contribution >= 4 is 11.7 Å². The van der Waals surface area contributed by atoms with Crippen LogP contribution in [0.4, 0.5) is 0 Å². The van der Waals surface area contributed by atoms with Crippen molar-refractivity contribution in [2.45, 2.75) is 45.6 Å².